The van der Waals surface area contributed by atoms with Crippen LogP contribution in [0.25, 0.3) is 10.7 Å². The van der Waals surface area contributed by atoms with Gasteiger partial charge in [0.15, 0.2) is 0 Å². The monoisotopic (exact) mass is 308 g/mol. The Labute approximate surface area is 125 Å². The number of likely N-dealkylation sites (N-methyl/N-ethyl adjacent to an activating group) is 1. The number of aryl methyl sites for hydroxylation is 1. The summed E-state index contributed by atoms with van der Waals surface area (Å²) < 4.78 is 5.09. The van der Waals surface area contributed by atoms with Gasteiger partial charge in [-0.25, -0.2) is 0 Å². The third kappa shape index (κ3) is 4.67. The second-order valence-corrected chi connectivity index (χ2v) is 5.17. The highest BCUT2D eigenvalue weighted by Gasteiger charge is 2.11. The summed E-state index contributed by atoms with van der Waals surface area (Å²) in [5.74, 6) is 0.509. The summed E-state index contributed by atoms with van der Waals surface area (Å²) in [7, 11) is 0. The molecule has 7 nitrogen and oxygen atoms in total. The van der Waals surface area contributed by atoms with Crippen LogP contribution >= 0.6 is 11.3 Å². The van der Waals surface area contributed by atoms with Crippen LogP contribution in [0.1, 0.15) is 19.2 Å². The molecule has 0 bridgehead atoms. The Bertz CT molecular complexity index is 594. The number of carbonyl (C=O) groups excluding carboxylic acids is 2. The highest BCUT2D eigenvalue weighted by Crippen LogP contribution is 2.21. The number of carbonyl (C=O) groups is 2. The lowest BCUT2D eigenvalue weighted by Gasteiger charge is -2.03. The Morgan fingerprint density at radius 2 is 2.19 bits per heavy atom. The molecule has 2 heterocycles. The van der Waals surface area contributed by atoms with Crippen molar-refractivity contribution in [3.63, 3.8) is 0 Å². The first-order valence-electron chi connectivity index (χ1n) is 6.59. The number of nitrogens with one attached hydrogen (secondary N) is 2. The number of thiophene rings is 1. The van der Waals surface area contributed by atoms with Crippen molar-refractivity contribution in [2.45, 2.75) is 19.8 Å². The van der Waals surface area contributed by atoms with Gasteiger partial charge in [0, 0.05) is 19.4 Å². The average Bonchev–Trinajstić information content (AvgIpc) is 3.13. The van der Waals surface area contributed by atoms with E-state index in [9.17, 15) is 9.59 Å². The summed E-state index contributed by atoms with van der Waals surface area (Å²) in [5, 5.41) is 10.9. The number of hydrogen-bond donors (Lipinski definition) is 2. The second-order valence-electron chi connectivity index (χ2n) is 4.22. The third-order valence-electron chi connectivity index (χ3n) is 2.60. The van der Waals surface area contributed by atoms with Crippen LogP contribution in [0.4, 0.5) is 0 Å². The Kier molecular flexibility index (Phi) is 5.44. The van der Waals surface area contributed by atoms with Crippen LogP contribution in [-0.4, -0.2) is 35.0 Å². The van der Waals surface area contributed by atoms with Crippen LogP contribution in [0.3, 0.4) is 0 Å². The molecule has 0 aliphatic heterocycles. The Morgan fingerprint density at radius 1 is 1.33 bits per heavy atom. The van der Waals surface area contributed by atoms with Crippen LogP contribution < -0.4 is 10.6 Å². The molecular formula is C13H16N4O3S. The van der Waals surface area contributed by atoms with Crippen LogP contribution in [0.2, 0.25) is 0 Å². The first kappa shape index (κ1) is 15.2. The summed E-state index contributed by atoms with van der Waals surface area (Å²) >= 11 is 1.52. The van der Waals surface area contributed by atoms with Gasteiger partial charge in [-0.05, 0) is 18.4 Å². The molecule has 0 atom stereocenters. The van der Waals surface area contributed by atoms with E-state index in [4.69, 9.17) is 4.52 Å². The summed E-state index contributed by atoms with van der Waals surface area (Å²) in [6.45, 7) is 2.35. The molecule has 0 saturated carbocycles. The van der Waals surface area contributed by atoms with Crippen LogP contribution in [-0.2, 0) is 16.0 Å². The molecule has 0 aliphatic carbocycles. The molecule has 0 fully saturated rings. The molecule has 2 aromatic rings. The van der Waals surface area contributed by atoms with Gasteiger partial charge in [-0.3, -0.25) is 9.59 Å². The maximum absolute atomic E-state index is 11.6. The number of nitrogens with zero attached hydrogens (tertiary/aromatic N) is 2. The quantitative estimate of drug-likeness (QED) is 0.795. The van der Waals surface area contributed by atoms with Crippen molar-refractivity contribution in [2.75, 3.05) is 13.1 Å². The minimum Gasteiger partial charge on any atom is -0.355 e. The standard InChI is InChI=1S/C13H16N4O3S/c1-2-14-11(19)8-15-10(18)5-6-12-16-13(17-20-12)9-4-3-7-21-9/h3-4,7H,2,5-6,8H2,1H3,(H,14,19)(H,15,18). The van der Waals surface area contributed by atoms with Gasteiger partial charge >= 0.3 is 0 Å². The lowest BCUT2D eigenvalue weighted by molar-refractivity contribution is -0.126. The van der Waals surface area contributed by atoms with Crippen molar-refractivity contribution in [3.8, 4) is 10.7 Å². The van der Waals surface area contributed by atoms with E-state index in [0.29, 0.717) is 24.7 Å². The molecule has 0 spiro atoms. The van der Waals surface area contributed by atoms with E-state index < -0.39 is 0 Å². The Balaban J connectivity index is 1.75. The molecule has 112 valence electrons. The van der Waals surface area contributed by atoms with Gasteiger partial charge < -0.3 is 15.2 Å². The topological polar surface area (TPSA) is 97.1 Å². The zero-order valence-electron chi connectivity index (χ0n) is 11.6. The van der Waals surface area contributed by atoms with Gasteiger partial charge in [-0.2, -0.15) is 4.98 Å². The number of rotatable bonds is 7. The summed E-state index contributed by atoms with van der Waals surface area (Å²) in [5.41, 5.74) is 0. The first-order chi connectivity index (χ1) is 10.2. The molecule has 0 aliphatic rings. The van der Waals surface area contributed by atoms with Crippen LogP contribution in [0.5, 0.6) is 0 Å². The molecule has 8 heteroatoms. The SMILES string of the molecule is CCNC(=O)CNC(=O)CCc1nc(-c2cccs2)no1. The first-order valence-corrected chi connectivity index (χ1v) is 7.47. The summed E-state index contributed by atoms with van der Waals surface area (Å²) in [4.78, 5) is 27.9. The Morgan fingerprint density at radius 3 is 2.90 bits per heavy atom. The molecule has 0 saturated heterocycles. The summed E-state index contributed by atoms with van der Waals surface area (Å²) in [6, 6.07) is 3.81. The molecule has 21 heavy (non-hydrogen) atoms. The lowest BCUT2D eigenvalue weighted by Crippen LogP contribution is -2.36. The van der Waals surface area contributed by atoms with Crippen molar-refractivity contribution in [3.05, 3.63) is 23.4 Å². The van der Waals surface area contributed by atoms with Gasteiger partial charge in [0.25, 0.3) is 0 Å². The fraction of sp³-hybridized carbons (Fsp3) is 0.385. The highest BCUT2D eigenvalue weighted by molar-refractivity contribution is 7.13. The van der Waals surface area contributed by atoms with Crippen molar-refractivity contribution in [1.82, 2.24) is 20.8 Å². The van der Waals surface area contributed by atoms with Crippen molar-refractivity contribution >= 4 is 23.2 Å². The second kappa shape index (κ2) is 7.53. The lowest BCUT2D eigenvalue weighted by atomic mass is 10.3. The van der Waals surface area contributed by atoms with Gasteiger partial charge in [0.2, 0.25) is 23.5 Å². The van der Waals surface area contributed by atoms with E-state index in [2.05, 4.69) is 20.8 Å². The minimum absolute atomic E-state index is 0.0169. The van der Waals surface area contributed by atoms with E-state index in [-0.39, 0.29) is 24.8 Å². The number of aromatic nitrogens is 2. The van der Waals surface area contributed by atoms with Crippen LogP contribution in [0, 0.1) is 0 Å². The molecular weight excluding hydrogens is 292 g/mol. The maximum atomic E-state index is 11.6. The van der Waals surface area contributed by atoms with E-state index in [1.54, 1.807) is 0 Å². The predicted molar refractivity (Wildman–Crippen MR) is 77.6 cm³/mol. The van der Waals surface area contributed by atoms with Crippen LogP contribution in [0.15, 0.2) is 22.0 Å². The van der Waals surface area contributed by atoms with E-state index in [1.807, 2.05) is 24.4 Å². The fourth-order valence-electron chi connectivity index (χ4n) is 1.61. The maximum Gasteiger partial charge on any atom is 0.239 e. The zero-order chi connectivity index (χ0) is 15.1. The normalized spacial score (nSPS) is 10.3. The smallest absolute Gasteiger partial charge is 0.239 e. The van der Waals surface area contributed by atoms with E-state index in [1.165, 1.54) is 11.3 Å². The molecule has 2 aromatic heterocycles. The van der Waals surface area contributed by atoms with Gasteiger partial charge in [0.1, 0.15) is 0 Å². The third-order valence-corrected chi connectivity index (χ3v) is 3.46. The Hall–Kier alpha value is -2.22. The number of hydrogen-bond acceptors (Lipinski definition) is 6. The van der Waals surface area contributed by atoms with E-state index >= 15 is 0 Å². The molecule has 2 amide bonds. The molecule has 2 rings (SSSR count). The molecule has 0 radical (unpaired) electrons. The fourth-order valence-corrected chi connectivity index (χ4v) is 2.26. The average molecular weight is 308 g/mol. The predicted octanol–water partition coefficient (Wildman–Crippen LogP) is 0.983. The number of amides is 2. The van der Waals surface area contributed by atoms with Crippen molar-refractivity contribution in [2.24, 2.45) is 0 Å². The van der Waals surface area contributed by atoms with Gasteiger partial charge in [-0.15, -0.1) is 11.3 Å². The molecule has 0 unspecified atom stereocenters. The zero-order valence-corrected chi connectivity index (χ0v) is 12.4. The summed E-state index contributed by atoms with van der Waals surface area (Å²) in [6.07, 6.45) is 0.547. The minimum atomic E-state index is -0.225. The largest absolute Gasteiger partial charge is 0.355 e. The molecule has 2 N–H and O–H groups in total. The van der Waals surface area contributed by atoms with E-state index in [0.717, 1.165) is 4.88 Å². The van der Waals surface area contributed by atoms with Crippen molar-refractivity contribution < 1.29 is 14.1 Å². The van der Waals surface area contributed by atoms with Crippen molar-refractivity contribution in [1.29, 1.82) is 0 Å². The van der Waals surface area contributed by atoms with Gasteiger partial charge in [-0.1, -0.05) is 11.2 Å². The van der Waals surface area contributed by atoms with Gasteiger partial charge in [0.05, 0.1) is 11.4 Å². The molecule has 0 aromatic carbocycles. The highest BCUT2D eigenvalue weighted by atomic mass is 32.1.